The monoisotopic (exact) mass is 267 g/mol. The molecule has 1 amide bonds. The molecule has 1 N–H and O–H groups in total. The van der Waals surface area contributed by atoms with E-state index in [2.05, 4.69) is 13.8 Å². The molecule has 1 heterocycles. The lowest BCUT2D eigenvalue weighted by Gasteiger charge is -2.34. The topological polar surface area (TPSA) is 57.6 Å². The lowest BCUT2D eigenvalue weighted by molar-refractivity contribution is -0.153. The van der Waals surface area contributed by atoms with Gasteiger partial charge >= 0.3 is 5.97 Å². The zero-order valence-corrected chi connectivity index (χ0v) is 12.0. The fraction of sp³-hybridized carbons (Fsp3) is 0.867. The summed E-state index contributed by atoms with van der Waals surface area (Å²) in [6, 6.07) is -0.605. The molecule has 1 aliphatic carbocycles. The molecule has 2 rings (SSSR count). The fourth-order valence-electron chi connectivity index (χ4n) is 3.61. The number of amides is 1. The lowest BCUT2D eigenvalue weighted by atomic mass is 9.81. The van der Waals surface area contributed by atoms with E-state index in [1.807, 2.05) is 0 Å². The van der Waals surface area contributed by atoms with E-state index >= 15 is 0 Å². The first kappa shape index (κ1) is 14.4. The first-order valence-corrected chi connectivity index (χ1v) is 7.47. The molecule has 0 aromatic carbocycles. The van der Waals surface area contributed by atoms with E-state index in [0.717, 1.165) is 38.5 Å². The summed E-state index contributed by atoms with van der Waals surface area (Å²) in [7, 11) is 0. The Morgan fingerprint density at radius 1 is 1.11 bits per heavy atom. The lowest BCUT2D eigenvalue weighted by Crippen LogP contribution is -2.48. The number of nitrogens with zero attached hydrogens (tertiary/aromatic N) is 1. The van der Waals surface area contributed by atoms with E-state index in [1.54, 1.807) is 4.90 Å². The van der Waals surface area contributed by atoms with E-state index < -0.39 is 12.0 Å². The average Bonchev–Trinajstić information content (AvgIpc) is 2.57. The Bertz CT molecular complexity index is 364. The van der Waals surface area contributed by atoms with Gasteiger partial charge in [0.2, 0.25) is 5.91 Å². The Hall–Kier alpha value is -1.06. The summed E-state index contributed by atoms with van der Waals surface area (Å²) >= 11 is 0. The molecule has 2 unspecified atom stereocenters. The number of rotatable bonds is 2. The first-order valence-electron chi connectivity index (χ1n) is 7.47. The van der Waals surface area contributed by atoms with Gasteiger partial charge < -0.3 is 10.0 Å². The normalized spacial score (nSPS) is 30.9. The van der Waals surface area contributed by atoms with Gasteiger partial charge in [0.15, 0.2) is 0 Å². The van der Waals surface area contributed by atoms with Gasteiger partial charge in [0.1, 0.15) is 6.04 Å². The number of hydrogen-bond donors (Lipinski definition) is 1. The zero-order valence-electron chi connectivity index (χ0n) is 12.0. The van der Waals surface area contributed by atoms with Crippen LogP contribution in [0.4, 0.5) is 0 Å². The van der Waals surface area contributed by atoms with E-state index in [1.165, 1.54) is 0 Å². The highest BCUT2D eigenvalue weighted by Crippen LogP contribution is 2.44. The van der Waals surface area contributed by atoms with E-state index in [-0.39, 0.29) is 17.2 Å². The number of carbonyl (C=O) groups excluding carboxylic acids is 1. The molecule has 0 spiro atoms. The number of carboxylic acid groups (broad SMARTS) is 1. The average molecular weight is 267 g/mol. The van der Waals surface area contributed by atoms with Crippen molar-refractivity contribution in [3.8, 4) is 0 Å². The molecule has 2 aliphatic rings. The van der Waals surface area contributed by atoms with Gasteiger partial charge in [-0.3, -0.25) is 4.79 Å². The van der Waals surface area contributed by atoms with Gasteiger partial charge in [-0.1, -0.05) is 33.1 Å². The molecule has 2 atom stereocenters. The highest BCUT2D eigenvalue weighted by atomic mass is 16.4. The third-order valence-corrected chi connectivity index (χ3v) is 4.88. The summed E-state index contributed by atoms with van der Waals surface area (Å²) < 4.78 is 0. The molecular weight excluding hydrogens is 242 g/mol. The first-order chi connectivity index (χ1) is 8.93. The van der Waals surface area contributed by atoms with Gasteiger partial charge in [0.25, 0.3) is 0 Å². The van der Waals surface area contributed by atoms with Crippen molar-refractivity contribution in [2.45, 2.75) is 64.8 Å². The van der Waals surface area contributed by atoms with Crippen molar-refractivity contribution in [2.24, 2.45) is 11.3 Å². The summed E-state index contributed by atoms with van der Waals surface area (Å²) in [4.78, 5) is 25.8. The van der Waals surface area contributed by atoms with Crippen molar-refractivity contribution < 1.29 is 14.7 Å². The SMILES string of the molecule is CC1(C)CCCC1C(=O)N1CCCCCC1C(=O)O. The highest BCUT2D eigenvalue weighted by Gasteiger charge is 2.43. The summed E-state index contributed by atoms with van der Waals surface area (Å²) in [6.45, 7) is 4.88. The van der Waals surface area contributed by atoms with Crippen LogP contribution >= 0.6 is 0 Å². The van der Waals surface area contributed by atoms with Crippen molar-refractivity contribution in [1.82, 2.24) is 4.90 Å². The van der Waals surface area contributed by atoms with E-state index in [9.17, 15) is 14.7 Å². The van der Waals surface area contributed by atoms with Gasteiger partial charge in [-0.05, 0) is 31.1 Å². The zero-order chi connectivity index (χ0) is 14.0. The number of likely N-dealkylation sites (tertiary alicyclic amines) is 1. The standard InChI is InChI=1S/C15H25NO3/c1-15(2)9-6-7-11(15)13(17)16-10-5-3-4-8-12(16)14(18)19/h11-12H,3-10H2,1-2H3,(H,18,19). The molecule has 4 nitrogen and oxygen atoms in total. The van der Waals surface area contributed by atoms with Crippen LogP contribution in [0.3, 0.4) is 0 Å². The maximum atomic E-state index is 12.7. The minimum absolute atomic E-state index is 0.00690. The number of carbonyl (C=O) groups is 2. The van der Waals surface area contributed by atoms with Crippen LogP contribution in [0.15, 0.2) is 0 Å². The molecule has 0 bridgehead atoms. The second-order valence-corrected chi connectivity index (χ2v) is 6.67. The largest absolute Gasteiger partial charge is 0.480 e. The quantitative estimate of drug-likeness (QED) is 0.836. The van der Waals surface area contributed by atoms with Crippen LogP contribution in [0, 0.1) is 11.3 Å². The Balaban J connectivity index is 2.17. The van der Waals surface area contributed by atoms with Crippen molar-refractivity contribution in [3.05, 3.63) is 0 Å². The van der Waals surface area contributed by atoms with Gasteiger partial charge in [0, 0.05) is 12.5 Å². The molecule has 2 fully saturated rings. The fourth-order valence-corrected chi connectivity index (χ4v) is 3.61. The second kappa shape index (κ2) is 5.51. The van der Waals surface area contributed by atoms with Crippen LogP contribution in [-0.4, -0.2) is 34.5 Å². The Labute approximate surface area is 115 Å². The Morgan fingerprint density at radius 2 is 1.84 bits per heavy atom. The molecule has 4 heteroatoms. The smallest absolute Gasteiger partial charge is 0.326 e. The Kier molecular flexibility index (Phi) is 4.16. The van der Waals surface area contributed by atoms with Gasteiger partial charge in [-0.2, -0.15) is 0 Å². The highest BCUT2D eigenvalue weighted by molar-refractivity contribution is 5.85. The van der Waals surface area contributed by atoms with Crippen molar-refractivity contribution in [2.75, 3.05) is 6.54 Å². The van der Waals surface area contributed by atoms with Gasteiger partial charge in [0.05, 0.1) is 0 Å². The maximum Gasteiger partial charge on any atom is 0.326 e. The van der Waals surface area contributed by atoms with Crippen LogP contribution < -0.4 is 0 Å². The number of aliphatic carboxylic acids is 1. The molecule has 1 aliphatic heterocycles. The maximum absolute atomic E-state index is 12.7. The number of hydrogen-bond acceptors (Lipinski definition) is 2. The van der Waals surface area contributed by atoms with Crippen LogP contribution in [0.2, 0.25) is 0 Å². The third kappa shape index (κ3) is 2.93. The molecule has 0 aromatic rings. The summed E-state index contributed by atoms with van der Waals surface area (Å²) in [6.07, 6.45) is 6.53. The predicted molar refractivity (Wildman–Crippen MR) is 72.7 cm³/mol. The van der Waals surface area contributed by atoms with Crippen LogP contribution in [0.1, 0.15) is 58.8 Å². The van der Waals surface area contributed by atoms with Crippen molar-refractivity contribution in [3.63, 3.8) is 0 Å². The summed E-state index contributed by atoms with van der Waals surface area (Å²) in [5, 5.41) is 9.36. The second-order valence-electron chi connectivity index (χ2n) is 6.67. The van der Waals surface area contributed by atoms with Crippen LogP contribution in [0.5, 0.6) is 0 Å². The van der Waals surface area contributed by atoms with Crippen LogP contribution in [-0.2, 0) is 9.59 Å². The summed E-state index contributed by atoms with van der Waals surface area (Å²) in [5.74, 6) is -0.754. The molecule has 1 saturated heterocycles. The molecule has 19 heavy (non-hydrogen) atoms. The van der Waals surface area contributed by atoms with Crippen LogP contribution in [0.25, 0.3) is 0 Å². The molecule has 108 valence electrons. The van der Waals surface area contributed by atoms with Gasteiger partial charge in [-0.15, -0.1) is 0 Å². The molecule has 0 aromatic heterocycles. The number of carboxylic acids is 1. The summed E-state index contributed by atoms with van der Waals surface area (Å²) in [5.41, 5.74) is 0.0203. The molecule has 0 radical (unpaired) electrons. The van der Waals surface area contributed by atoms with Crippen molar-refractivity contribution in [1.29, 1.82) is 0 Å². The van der Waals surface area contributed by atoms with E-state index in [0.29, 0.717) is 13.0 Å². The van der Waals surface area contributed by atoms with Crippen molar-refractivity contribution >= 4 is 11.9 Å². The van der Waals surface area contributed by atoms with Gasteiger partial charge in [-0.25, -0.2) is 4.79 Å². The Morgan fingerprint density at radius 3 is 2.42 bits per heavy atom. The minimum Gasteiger partial charge on any atom is -0.480 e. The molecule has 1 saturated carbocycles. The van der Waals surface area contributed by atoms with E-state index in [4.69, 9.17) is 0 Å². The minimum atomic E-state index is -0.842. The molecular formula is C15H25NO3. The third-order valence-electron chi connectivity index (χ3n) is 4.88. The predicted octanol–water partition coefficient (Wildman–Crippen LogP) is 2.67.